The largest absolute Gasteiger partial charge is 0.386 e. The molecule has 1 heterocycles. The van der Waals surface area contributed by atoms with Crippen LogP contribution in [0.15, 0.2) is 29.3 Å². The van der Waals surface area contributed by atoms with Gasteiger partial charge in [-0.1, -0.05) is 37.6 Å². The molecule has 1 aromatic rings. The van der Waals surface area contributed by atoms with Gasteiger partial charge in [-0.2, -0.15) is 0 Å². The van der Waals surface area contributed by atoms with Crippen LogP contribution in [-0.2, 0) is 0 Å². The zero-order valence-electron chi connectivity index (χ0n) is 14.1. The summed E-state index contributed by atoms with van der Waals surface area (Å²) in [4.78, 5) is 6.88. The van der Waals surface area contributed by atoms with Gasteiger partial charge < -0.3 is 15.3 Å². The number of nitrogens with zero attached hydrogens (tertiary/aromatic N) is 2. The molecule has 0 saturated carbocycles. The predicted octanol–water partition coefficient (Wildman–Crippen LogP) is 3.69. The average molecular weight is 452 g/mol. The zero-order valence-corrected chi connectivity index (χ0v) is 17.1. The Morgan fingerprint density at radius 3 is 2.57 bits per heavy atom. The molecule has 1 saturated heterocycles. The number of aliphatic imine (C=N–C) groups is 1. The summed E-state index contributed by atoms with van der Waals surface area (Å²) in [5, 5.41) is 14.3. The number of aliphatic hydroxyl groups is 1. The monoisotopic (exact) mass is 451 g/mol. The first-order valence-corrected chi connectivity index (χ1v) is 8.26. The van der Waals surface area contributed by atoms with E-state index in [1.54, 1.807) is 12.1 Å². The maximum Gasteiger partial charge on any atom is 0.194 e. The van der Waals surface area contributed by atoms with E-state index in [2.05, 4.69) is 36.0 Å². The summed E-state index contributed by atoms with van der Waals surface area (Å²) in [6, 6.07) is 7.26. The highest BCUT2D eigenvalue weighted by molar-refractivity contribution is 14.0. The third-order valence-electron chi connectivity index (χ3n) is 3.98. The smallest absolute Gasteiger partial charge is 0.194 e. The van der Waals surface area contributed by atoms with Crippen molar-refractivity contribution < 1.29 is 5.11 Å². The van der Waals surface area contributed by atoms with Gasteiger partial charge in [-0.05, 0) is 36.5 Å². The second-order valence-corrected chi connectivity index (χ2v) is 7.03. The van der Waals surface area contributed by atoms with Gasteiger partial charge in [-0.3, -0.25) is 4.99 Å². The lowest BCUT2D eigenvalue weighted by Crippen LogP contribution is -2.41. The number of hydrogen-bond donors (Lipinski definition) is 2. The second kappa shape index (κ2) is 9.08. The molecule has 6 heteroatoms. The molecule has 0 spiro atoms. The van der Waals surface area contributed by atoms with Gasteiger partial charge in [0.15, 0.2) is 5.96 Å². The lowest BCUT2D eigenvalue weighted by molar-refractivity contribution is 0.186. The number of hydrogen-bond acceptors (Lipinski definition) is 2. The fraction of sp³-hybridized carbons (Fsp3) is 0.588. The second-order valence-electron chi connectivity index (χ2n) is 6.60. The van der Waals surface area contributed by atoms with Crippen LogP contribution in [0.1, 0.15) is 38.9 Å². The molecule has 2 rings (SSSR count). The van der Waals surface area contributed by atoms with Gasteiger partial charge >= 0.3 is 0 Å². The highest BCUT2D eigenvalue weighted by Crippen LogP contribution is 2.28. The van der Waals surface area contributed by atoms with Crippen LogP contribution in [-0.4, -0.2) is 42.1 Å². The van der Waals surface area contributed by atoms with Gasteiger partial charge in [0.2, 0.25) is 0 Å². The summed E-state index contributed by atoms with van der Waals surface area (Å²) < 4.78 is 0. The molecule has 2 N–H and O–H groups in total. The summed E-state index contributed by atoms with van der Waals surface area (Å²) >= 11 is 5.87. The molecule has 0 amide bonds. The molecule has 0 radical (unpaired) electrons. The van der Waals surface area contributed by atoms with Crippen LogP contribution >= 0.6 is 35.6 Å². The minimum absolute atomic E-state index is 0. The standard InChI is InChI=1S/C17H26ClN3O.HI/c1-4-19-16(21-10-9-17(2,3)12-21)20-11-15(22)13-5-7-14(18)8-6-13;/h5-8,15,22H,4,9-12H2,1-3H3,(H,19,20);1H. The molecule has 1 aliphatic heterocycles. The molecule has 1 aromatic carbocycles. The summed E-state index contributed by atoms with van der Waals surface area (Å²) in [5.41, 5.74) is 1.16. The lowest BCUT2D eigenvalue weighted by atomic mass is 9.93. The Balaban J connectivity index is 0.00000264. The fourth-order valence-corrected chi connectivity index (χ4v) is 2.81. The van der Waals surface area contributed by atoms with Crippen molar-refractivity contribution in [1.29, 1.82) is 0 Å². The first kappa shape index (κ1) is 20.5. The van der Waals surface area contributed by atoms with E-state index in [1.165, 1.54) is 0 Å². The van der Waals surface area contributed by atoms with E-state index in [0.717, 1.165) is 37.6 Å². The molecule has 0 aliphatic carbocycles. The van der Waals surface area contributed by atoms with Crippen LogP contribution in [0.3, 0.4) is 0 Å². The maximum absolute atomic E-state index is 10.3. The van der Waals surface area contributed by atoms with Gasteiger partial charge in [0.1, 0.15) is 0 Å². The molecule has 1 unspecified atom stereocenters. The van der Waals surface area contributed by atoms with E-state index >= 15 is 0 Å². The minimum atomic E-state index is -0.610. The molecular weight excluding hydrogens is 425 g/mol. The summed E-state index contributed by atoms with van der Waals surface area (Å²) in [6.07, 6.45) is 0.554. The SMILES string of the molecule is CCNC(=NCC(O)c1ccc(Cl)cc1)N1CCC(C)(C)C1.I. The topological polar surface area (TPSA) is 47.9 Å². The number of guanidine groups is 1. The van der Waals surface area contributed by atoms with Crippen molar-refractivity contribution in [3.05, 3.63) is 34.9 Å². The third kappa shape index (κ3) is 6.12. The Labute approximate surface area is 161 Å². The fourth-order valence-electron chi connectivity index (χ4n) is 2.68. The molecule has 1 aliphatic rings. The highest BCUT2D eigenvalue weighted by atomic mass is 127. The number of likely N-dealkylation sites (tertiary alicyclic amines) is 1. The molecule has 130 valence electrons. The molecule has 0 bridgehead atoms. The summed E-state index contributed by atoms with van der Waals surface area (Å²) in [6.45, 7) is 9.80. The normalized spacial score (nSPS) is 18.5. The minimum Gasteiger partial charge on any atom is -0.386 e. The van der Waals surface area contributed by atoms with Crippen molar-refractivity contribution in [1.82, 2.24) is 10.2 Å². The Bertz CT molecular complexity index is 519. The van der Waals surface area contributed by atoms with Crippen molar-refractivity contribution >= 4 is 41.5 Å². The van der Waals surface area contributed by atoms with E-state index in [-0.39, 0.29) is 24.0 Å². The lowest BCUT2D eigenvalue weighted by Gasteiger charge is -2.24. The number of rotatable bonds is 4. The molecule has 4 nitrogen and oxygen atoms in total. The van der Waals surface area contributed by atoms with Crippen molar-refractivity contribution in [3.63, 3.8) is 0 Å². The molecule has 23 heavy (non-hydrogen) atoms. The Kier molecular flexibility index (Phi) is 8.10. The molecule has 0 aromatic heterocycles. The van der Waals surface area contributed by atoms with E-state index in [0.29, 0.717) is 17.0 Å². The average Bonchev–Trinajstić information content (AvgIpc) is 2.84. The van der Waals surface area contributed by atoms with E-state index in [9.17, 15) is 5.11 Å². The Morgan fingerprint density at radius 2 is 2.04 bits per heavy atom. The molecular formula is C17H27ClIN3O. The first-order chi connectivity index (χ1) is 10.4. The zero-order chi connectivity index (χ0) is 16.2. The van der Waals surface area contributed by atoms with Gasteiger partial charge in [-0.25, -0.2) is 0 Å². The van der Waals surface area contributed by atoms with Gasteiger partial charge in [-0.15, -0.1) is 24.0 Å². The Hall–Kier alpha value is -0.530. The number of aliphatic hydroxyl groups excluding tert-OH is 1. The first-order valence-electron chi connectivity index (χ1n) is 7.88. The van der Waals surface area contributed by atoms with Crippen molar-refractivity contribution in [2.24, 2.45) is 10.4 Å². The Morgan fingerprint density at radius 1 is 1.39 bits per heavy atom. The highest BCUT2D eigenvalue weighted by Gasteiger charge is 2.30. The van der Waals surface area contributed by atoms with Crippen LogP contribution in [0.2, 0.25) is 5.02 Å². The quantitative estimate of drug-likeness (QED) is 0.417. The third-order valence-corrected chi connectivity index (χ3v) is 4.23. The number of benzene rings is 1. The summed E-state index contributed by atoms with van der Waals surface area (Å²) in [5.74, 6) is 0.890. The van der Waals surface area contributed by atoms with Gasteiger partial charge in [0.25, 0.3) is 0 Å². The van der Waals surface area contributed by atoms with Crippen LogP contribution in [0.4, 0.5) is 0 Å². The summed E-state index contributed by atoms with van der Waals surface area (Å²) in [7, 11) is 0. The van der Waals surface area contributed by atoms with Crippen LogP contribution in [0.5, 0.6) is 0 Å². The molecule has 1 atom stereocenters. The number of nitrogens with one attached hydrogen (secondary N) is 1. The van der Waals surface area contributed by atoms with E-state index in [1.807, 2.05) is 12.1 Å². The van der Waals surface area contributed by atoms with Crippen molar-refractivity contribution in [3.8, 4) is 0 Å². The van der Waals surface area contributed by atoms with E-state index < -0.39 is 6.10 Å². The predicted molar refractivity (Wildman–Crippen MR) is 108 cm³/mol. The van der Waals surface area contributed by atoms with Crippen molar-refractivity contribution in [2.45, 2.75) is 33.3 Å². The maximum atomic E-state index is 10.3. The van der Waals surface area contributed by atoms with Gasteiger partial charge in [0.05, 0.1) is 12.6 Å². The van der Waals surface area contributed by atoms with Gasteiger partial charge in [0, 0.05) is 24.7 Å². The van der Waals surface area contributed by atoms with Crippen LogP contribution in [0, 0.1) is 5.41 Å². The van der Waals surface area contributed by atoms with Crippen molar-refractivity contribution in [2.75, 3.05) is 26.2 Å². The number of halogens is 2. The molecule has 1 fully saturated rings. The van der Waals surface area contributed by atoms with Crippen LogP contribution < -0.4 is 5.32 Å². The van der Waals surface area contributed by atoms with E-state index in [4.69, 9.17) is 11.6 Å². The van der Waals surface area contributed by atoms with Crippen LogP contribution in [0.25, 0.3) is 0 Å².